The van der Waals surface area contributed by atoms with Gasteiger partial charge in [-0.3, -0.25) is 0 Å². The molecule has 0 bridgehead atoms. The molecule has 0 unspecified atom stereocenters. The summed E-state index contributed by atoms with van der Waals surface area (Å²) in [7, 11) is 0. The molecule has 2 aromatic rings. The van der Waals surface area contributed by atoms with E-state index in [9.17, 15) is 0 Å². The Morgan fingerprint density at radius 3 is 2.21 bits per heavy atom. The second kappa shape index (κ2) is 10.1. The zero-order valence-electron chi connectivity index (χ0n) is 15.4. The van der Waals surface area contributed by atoms with E-state index in [4.69, 9.17) is 4.74 Å². The molecule has 2 nitrogen and oxygen atoms in total. The van der Waals surface area contributed by atoms with Crippen molar-refractivity contribution in [1.82, 2.24) is 4.90 Å². The second-order valence-corrected chi connectivity index (χ2v) is 6.37. The molecule has 2 aromatic carbocycles. The van der Waals surface area contributed by atoms with Crippen molar-refractivity contribution in [2.45, 2.75) is 39.5 Å². The van der Waals surface area contributed by atoms with Crippen LogP contribution >= 0.6 is 0 Å². The van der Waals surface area contributed by atoms with Crippen LogP contribution in [0.3, 0.4) is 0 Å². The SMILES string of the molecule is CCN(CC)CCOc1ccc([C@H](C)CCc2ccccc2)cc1. The first-order valence-corrected chi connectivity index (χ1v) is 9.22. The minimum atomic E-state index is 0.565. The number of ether oxygens (including phenoxy) is 1. The number of hydrogen-bond acceptors (Lipinski definition) is 2. The normalized spacial score (nSPS) is 12.3. The molecule has 0 radical (unpaired) electrons. The van der Waals surface area contributed by atoms with E-state index < -0.39 is 0 Å². The molecule has 2 heteroatoms. The van der Waals surface area contributed by atoms with Gasteiger partial charge < -0.3 is 9.64 Å². The van der Waals surface area contributed by atoms with Crippen LogP contribution in [0.25, 0.3) is 0 Å². The van der Waals surface area contributed by atoms with Crippen LogP contribution in [0, 0.1) is 0 Å². The maximum Gasteiger partial charge on any atom is 0.119 e. The summed E-state index contributed by atoms with van der Waals surface area (Å²) in [5, 5.41) is 0. The lowest BCUT2D eigenvalue weighted by molar-refractivity contribution is 0.223. The van der Waals surface area contributed by atoms with Crippen molar-refractivity contribution >= 4 is 0 Å². The third-order valence-corrected chi connectivity index (χ3v) is 4.73. The molecule has 0 saturated heterocycles. The Labute approximate surface area is 147 Å². The van der Waals surface area contributed by atoms with Crippen molar-refractivity contribution < 1.29 is 4.74 Å². The standard InChI is InChI=1S/C22H31NO/c1-4-23(5-2)17-18-24-22-15-13-21(14-16-22)19(3)11-12-20-9-7-6-8-10-20/h6-10,13-16,19H,4-5,11-12,17-18H2,1-3H3/t19-/m1/s1. The number of benzene rings is 2. The minimum absolute atomic E-state index is 0.565. The highest BCUT2D eigenvalue weighted by molar-refractivity contribution is 5.29. The summed E-state index contributed by atoms with van der Waals surface area (Å²) in [6, 6.07) is 19.4. The van der Waals surface area contributed by atoms with Gasteiger partial charge in [-0.15, -0.1) is 0 Å². The van der Waals surface area contributed by atoms with Gasteiger partial charge in [0.2, 0.25) is 0 Å². The summed E-state index contributed by atoms with van der Waals surface area (Å²) in [6.45, 7) is 10.6. The van der Waals surface area contributed by atoms with E-state index in [0.717, 1.165) is 38.4 Å². The van der Waals surface area contributed by atoms with E-state index in [1.54, 1.807) is 0 Å². The molecule has 0 aliphatic carbocycles. The average molecular weight is 325 g/mol. The van der Waals surface area contributed by atoms with Crippen LogP contribution in [-0.4, -0.2) is 31.1 Å². The minimum Gasteiger partial charge on any atom is -0.492 e. The fourth-order valence-electron chi connectivity index (χ4n) is 2.92. The summed E-state index contributed by atoms with van der Waals surface area (Å²) < 4.78 is 5.86. The molecular formula is C22H31NO. The van der Waals surface area contributed by atoms with Crippen molar-refractivity contribution in [3.8, 4) is 5.75 Å². The summed E-state index contributed by atoms with van der Waals surface area (Å²) in [6.07, 6.45) is 2.30. The van der Waals surface area contributed by atoms with E-state index in [-0.39, 0.29) is 0 Å². The molecule has 0 N–H and O–H groups in total. The first kappa shape index (κ1) is 18.5. The highest BCUT2D eigenvalue weighted by atomic mass is 16.5. The fourth-order valence-corrected chi connectivity index (χ4v) is 2.92. The first-order chi connectivity index (χ1) is 11.7. The Morgan fingerprint density at radius 1 is 0.917 bits per heavy atom. The van der Waals surface area contributed by atoms with Crippen LogP contribution in [0.15, 0.2) is 54.6 Å². The zero-order valence-corrected chi connectivity index (χ0v) is 15.4. The Kier molecular flexibility index (Phi) is 7.84. The predicted octanol–water partition coefficient (Wildman–Crippen LogP) is 5.14. The van der Waals surface area contributed by atoms with Crippen molar-refractivity contribution in [3.05, 3.63) is 65.7 Å². The number of aryl methyl sites for hydroxylation is 1. The Hall–Kier alpha value is -1.80. The molecule has 2 rings (SSSR count). The Bertz CT molecular complexity index is 560. The van der Waals surface area contributed by atoms with Crippen molar-refractivity contribution in [2.75, 3.05) is 26.2 Å². The molecule has 0 aliphatic rings. The van der Waals surface area contributed by atoms with Gasteiger partial charge in [-0.05, 0) is 55.1 Å². The van der Waals surface area contributed by atoms with Crippen LogP contribution in [-0.2, 0) is 6.42 Å². The van der Waals surface area contributed by atoms with Gasteiger partial charge >= 0.3 is 0 Å². The largest absolute Gasteiger partial charge is 0.492 e. The van der Waals surface area contributed by atoms with E-state index in [1.165, 1.54) is 17.5 Å². The molecule has 0 aliphatic heterocycles. The maximum atomic E-state index is 5.86. The second-order valence-electron chi connectivity index (χ2n) is 6.37. The molecule has 0 heterocycles. The van der Waals surface area contributed by atoms with E-state index >= 15 is 0 Å². The van der Waals surface area contributed by atoms with Gasteiger partial charge in [0, 0.05) is 6.54 Å². The highest BCUT2D eigenvalue weighted by Gasteiger charge is 2.06. The molecule has 130 valence electrons. The van der Waals surface area contributed by atoms with Gasteiger partial charge in [-0.2, -0.15) is 0 Å². The number of likely N-dealkylation sites (N-methyl/N-ethyl adjacent to an activating group) is 1. The summed E-state index contributed by atoms with van der Waals surface area (Å²) in [4.78, 5) is 2.38. The van der Waals surface area contributed by atoms with Gasteiger partial charge in [0.25, 0.3) is 0 Å². The molecule has 24 heavy (non-hydrogen) atoms. The highest BCUT2D eigenvalue weighted by Crippen LogP contribution is 2.23. The van der Waals surface area contributed by atoms with E-state index in [0.29, 0.717) is 5.92 Å². The van der Waals surface area contributed by atoms with Crippen molar-refractivity contribution in [2.24, 2.45) is 0 Å². The van der Waals surface area contributed by atoms with Crippen molar-refractivity contribution in [1.29, 1.82) is 0 Å². The third kappa shape index (κ3) is 6.01. The molecule has 0 spiro atoms. The molecule has 0 amide bonds. The monoisotopic (exact) mass is 325 g/mol. The maximum absolute atomic E-state index is 5.86. The number of nitrogens with zero attached hydrogens (tertiary/aromatic N) is 1. The smallest absolute Gasteiger partial charge is 0.119 e. The lowest BCUT2D eigenvalue weighted by Gasteiger charge is -2.18. The van der Waals surface area contributed by atoms with Crippen LogP contribution < -0.4 is 4.74 Å². The summed E-state index contributed by atoms with van der Waals surface area (Å²) in [5.74, 6) is 1.54. The Morgan fingerprint density at radius 2 is 1.58 bits per heavy atom. The predicted molar refractivity (Wildman–Crippen MR) is 103 cm³/mol. The van der Waals surface area contributed by atoms with Crippen LogP contribution in [0.1, 0.15) is 44.2 Å². The first-order valence-electron chi connectivity index (χ1n) is 9.22. The number of hydrogen-bond donors (Lipinski definition) is 0. The van der Waals surface area contributed by atoms with Crippen LogP contribution in [0.2, 0.25) is 0 Å². The lowest BCUT2D eigenvalue weighted by Crippen LogP contribution is -2.27. The third-order valence-electron chi connectivity index (χ3n) is 4.73. The van der Waals surface area contributed by atoms with Gasteiger partial charge in [0.05, 0.1) is 0 Å². The quantitative estimate of drug-likeness (QED) is 0.599. The van der Waals surface area contributed by atoms with Gasteiger partial charge in [-0.1, -0.05) is 63.2 Å². The number of rotatable bonds is 10. The molecule has 1 atom stereocenters. The molecule has 0 aromatic heterocycles. The average Bonchev–Trinajstić information content (AvgIpc) is 2.64. The van der Waals surface area contributed by atoms with Gasteiger partial charge in [0.1, 0.15) is 12.4 Å². The topological polar surface area (TPSA) is 12.5 Å². The van der Waals surface area contributed by atoms with Crippen LogP contribution in [0.4, 0.5) is 0 Å². The summed E-state index contributed by atoms with van der Waals surface area (Å²) in [5.41, 5.74) is 2.81. The van der Waals surface area contributed by atoms with Crippen LogP contribution in [0.5, 0.6) is 5.75 Å². The van der Waals surface area contributed by atoms with E-state index in [2.05, 4.69) is 80.3 Å². The molecule has 0 fully saturated rings. The fraction of sp³-hybridized carbons (Fsp3) is 0.455. The molecular weight excluding hydrogens is 294 g/mol. The van der Waals surface area contributed by atoms with Gasteiger partial charge in [-0.25, -0.2) is 0 Å². The molecule has 0 saturated carbocycles. The van der Waals surface area contributed by atoms with E-state index in [1.807, 2.05) is 0 Å². The Balaban J connectivity index is 1.78. The van der Waals surface area contributed by atoms with Crippen molar-refractivity contribution in [3.63, 3.8) is 0 Å². The lowest BCUT2D eigenvalue weighted by atomic mass is 9.94. The van der Waals surface area contributed by atoms with Gasteiger partial charge in [0.15, 0.2) is 0 Å². The zero-order chi connectivity index (χ0) is 17.2. The summed E-state index contributed by atoms with van der Waals surface area (Å²) >= 11 is 0.